The van der Waals surface area contributed by atoms with Crippen LogP contribution in [-0.4, -0.2) is 24.5 Å². The van der Waals surface area contributed by atoms with Crippen molar-refractivity contribution < 1.29 is 14.3 Å². The minimum atomic E-state index is -0.963. The van der Waals surface area contributed by atoms with Crippen LogP contribution in [0.2, 0.25) is 0 Å². The quantitative estimate of drug-likeness (QED) is 0.849. The third-order valence-corrected chi connectivity index (χ3v) is 4.78. The number of hydrogen-bond donors (Lipinski definition) is 1. The van der Waals surface area contributed by atoms with Gasteiger partial charge in [0.05, 0.1) is 19.6 Å². The van der Waals surface area contributed by atoms with Crippen LogP contribution in [0.3, 0.4) is 0 Å². The van der Waals surface area contributed by atoms with E-state index >= 15 is 0 Å². The molecule has 1 aromatic rings. The van der Waals surface area contributed by atoms with E-state index in [4.69, 9.17) is 32.7 Å². The lowest BCUT2D eigenvalue weighted by molar-refractivity contribution is -0.125. The maximum Gasteiger partial charge on any atom is 0.229 e. The molecular weight excluding hydrogens is 301 g/mol. The molecule has 1 unspecified atom stereocenters. The number of para-hydroxylation sites is 1. The summed E-state index contributed by atoms with van der Waals surface area (Å²) < 4.78 is 9.57. The van der Waals surface area contributed by atoms with Crippen LogP contribution < -0.4 is 14.8 Å². The van der Waals surface area contributed by atoms with Gasteiger partial charge >= 0.3 is 0 Å². The largest absolute Gasteiger partial charge is 0.493 e. The Hall–Kier alpha value is -1.13. The van der Waals surface area contributed by atoms with E-state index < -0.39 is 9.75 Å². The molecule has 110 valence electrons. The fraction of sp³-hybridized carbons (Fsp3) is 0.500. The number of rotatable bonds is 5. The van der Waals surface area contributed by atoms with Crippen molar-refractivity contribution in [2.45, 2.75) is 24.2 Å². The summed E-state index contributed by atoms with van der Waals surface area (Å²) in [6, 6.07) is 5.51. The van der Waals surface area contributed by atoms with Crippen molar-refractivity contribution in [1.29, 1.82) is 0 Å². The number of hydrogen-bond acceptors (Lipinski definition) is 3. The van der Waals surface area contributed by atoms with Gasteiger partial charge in [-0.05, 0) is 19.4 Å². The molecule has 1 fully saturated rings. The number of ether oxygens (including phenoxy) is 2. The van der Waals surface area contributed by atoms with Crippen molar-refractivity contribution in [2.24, 2.45) is 5.41 Å². The molecule has 0 radical (unpaired) electrons. The van der Waals surface area contributed by atoms with E-state index in [9.17, 15) is 4.79 Å². The summed E-state index contributed by atoms with van der Waals surface area (Å²) >= 11 is 12.0. The second kappa shape index (κ2) is 5.34. The average Bonchev–Trinajstić information content (AvgIpc) is 2.95. The monoisotopic (exact) mass is 317 g/mol. The molecule has 0 bridgehead atoms. The van der Waals surface area contributed by atoms with E-state index in [2.05, 4.69) is 5.32 Å². The van der Waals surface area contributed by atoms with Crippen molar-refractivity contribution in [3.05, 3.63) is 23.8 Å². The van der Waals surface area contributed by atoms with Gasteiger partial charge in [0.25, 0.3) is 0 Å². The highest BCUT2D eigenvalue weighted by Gasteiger charge is 2.67. The molecular formula is C14H17Cl2NO3. The second-order valence-electron chi connectivity index (χ2n) is 5.05. The Morgan fingerprint density at radius 1 is 1.35 bits per heavy atom. The molecule has 0 saturated heterocycles. The SMILES string of the molecule is COc1cccc(CNC(=O)C2(C)CC2(Cl)Cl)c1OC. The minimum absolute atomic E-state index is 0.160. The molecule has 1 amide bonds. The molecule has 1 aliphatic rings. The fourth-order valence-electron chi connectivity index (χ4n) is 2.11. The highest BCUT2D eigenvalue weighted by molar-refractivity contribution is 6.53. The Morgan fingerprint density at radius 2 is 2.00 bits per heavy atom. The van der Waals surface area contributed by atoms with E-state index in [-0.39, 0.29) is 5.91 Å². The zero-order valence-electron chi connectivity index (χ0n) is 11.6. The lowest BCUT2D eigenvalue weighted by Crippen LogP contribution is -2.32. The molecule has 4 nitrogen and oxygen atoms in total. The Morgan fingerprint density at radius 3 is 2.50 bits per heavy atom. The summed E-state index contributed by atoms with van der Waals surface area (Å²) in [6.07, 6.45) is 0.462. The van der Waals surface area contributed by atoms with E-state index in [0.29, 0.717) is 24.5 Å². The van der Waals surface area contributed by atoms with E-state index in [1.807, 2.05) is 12.1 Å². The van der Waals surface area contributed by atoms with E-state index in [1.54, 1.807) is 27.2 Å². The minimum Gasteiger partial charge on any atom is -0.493 e. The van der Waals surface area contributed by atoms with Crippen molar-refractivity contribution in [3.63, 3.8) is 0 Å². The van der Waals surface area contributed by atoms with Crippen molar-refractivity contribution in [3.8, 4) is 11.5 Å². The molecule has 2 rings (SSSR count). The first-order chi connectivity index (χ1) is 9.35. The van der Waals surface area contributed by atoms with Crippen LogP contribution in [0.25, 0.3) is 0 Å². The lowest BCUT2D eigenvalue weighted by atomic mass is 10.1. The number of amides is 1. The molecule has 0 aromatic heterocycles. The van der Waals surface area contributed by atoms with Crippen molar-refractivity contribution >= 4 is 29.1 Å². The smallest absolute Gasteiger partial charge is 0.229 e. The Bertz CT molecular complexity index is 533. The summed E-state index contributed by atoms with van der Waals surface area (Å²) in [5.74, 6) is 1.08. The number of alkyl halides is 2. The summed E-state index contributed by atoms with van der Waals surface area (Å²) in [7, 11) is 3.13. The topological polar surface area (TPSA) is 47.6 Å². The van der Waals surface area contributed by atoms with Gasteiger partial charge < -0.3 is 14.8 Å². The second-order valence-corrected chi connectivity index (χ2v) is 6.53. The standard InChI is InChI=1S/C14H17Cl2NO3/c1-13(8-14(13,15)16)12(18)17-7-9-5-4-6-10(19-2)11(9)20-3/h4-6H,7-8H2,1-3H3,(H,17,18). The van der Waals surface area contributed by atoms with E-state index in [0.717, 1.165) is 5.56 Å². The molecule has 1 aromatic carbocycles. The Kier molecular flexibility index (Phi) is 4.07. The first-order valence-corrected chi connectivity index (χ1v) is 6.97. The van der Waals surface area contributed by atoms with Gasteiger partial charge in [-0.3, -0.25) is 4.79 Å². The molecule has 0 spiro atoms. The predicted molar refractivity (Wildman–Crippen MR) is 78.6 cm³/mol. The zero-order valence-corrected chi connectivity index (χ0v) is 13.1. The van der Waals surface area contributed by atoms with Crippen LogP contribution >= 0.6 is 23.2 Å². The predicted octanol–water partition coefficient (Wildman–Crippen LogP) is 2.90. The van der Waals surface area contributed by atoms with Crippen LogP contribution in [0, 0.1) is 5.41 Å². The molecule has 0 aliphatic heterocycles. The summed E-state index contributed by atoms with van der Waals surface area (Å²) in [4.78, 5) is 12.1. The van der Waals surface area contributed by atoms with Gasteiger partial charge in [-0.2, -0.15) is 0 Å². The summed E-state index contributed by atoms with van der Waals surface area (Å²) in [5.41, 5.74) is 0.113. The fourth-order valence-corrected chi connectivity index (χ4v) is 2.82. The molecule has 1 N–H and O–H groups in total. The average molecular weight is 318 g/mol. The van der Waals surface area contributed by atoms with Crippen LogP contribution in [-0.2, 0) is 11.3 Å². The molecule has 1 saturated carbocycles. The van der Waals surface area contributed by atoms with Crippen LogP contribution in [0.5, 0.6) is 11.5 Å². The van der Waals surface area contributed by atoms with Gasteiger partial charge in [0.2, 0.25) is 5.91 Å². The molecule has 1 aliphatic carbocycles. The Balaban J connectivity index is 2.07. The molecule has 20 heavy (non-hydrogen) atoms. The highest BCUT2D eigenvalue weighted by Crippen LogP contribution is 2.63. The number of benzene rings is 1. The number of carbonyl (C=O) groups excluding carboxylic acids is 1. The van der Waals surface area contributed by atoms with Gasteiger partial charge in [0, 0.05) is 12.1 Å². The maximum absolute atomic E-state index is 12.1. The van der Waals surface area contributed by atoms with Gasteiger partial charge in [0.15, 0.2) is 11.5 Å². The lowest BCUT2D eigenvalue weighted by Gasteiger charge is -2.15. The van der Waals surface area contributed by atoms with Crippen LogP contribution in [0.1, 0.15) is 18.9 Å². The number of methoxy groups -OCH3 is 2. The zero-order chi connectivity index (χ0) is 15.0. The number of carbonyl (C=O) groups is 1. The van der Waals surface area contributed by atoms with Crippen molar-refractivity contribution in [1.82, 2.24) is 5.32 Å². The van der Waals surface area contributed by atoms with Gasteiger partial charge in [0.1, 0.15) is 4.33 Å². The molecule has 6 heteroatoms. The third-order valence-electron chi connectivity index (χ3n) is 3.68. The molecule has 0 heterocycles. The summed E-state index contributed by atoms with van der Waals surface area (Å²) in [6.45, 7) is 2.09. The van der Waals surface area contributed by atoms with Crippen LogP contribution in [0.4, 0.5) is 0 Å². The highest BCUT2D eigenvalue weighted by atomic mass is 35.5. The maximum atomic E-state index is 12.1. The normalized spacial score (nSPS) is 23.1. The summed E-state index contributed by atoms with van der Waals surface area (Å²) in [5, 5.41) is 2.84. The third kappa shape index (κ3) is 2.54. The first kappa shape index (κ1) is 15.3. The first-order valence-electron chi connectivity index (χ1n) is 6.22. The van der Waals surface area contributed by atoms with Gasteiger partial charge in [-0.25, -0.2) is 0 Å². The van der Waals surface area contributed by atoms with Gasteiger partial charge in [-0.15, -0.1) is 23.2 Å². The Labute approximate surface area is 128 Å². The van der Waals surface area contributed by atoms with Gasteiger partial charge in [-0.1, -0.05) is 12.1 Å². The number of nitrogens with one attached hydrogen (secondary N) is 1. The van der Waals surface area contributed by atoms with E-state index in [1.165, 1.54) is 0 Å². The number of halogens is 2. The van der Waals surface area contributed by atoms with Crippen LogP contribution in [0.15, 0.2) is 18.2 Å². The molecule has 1 atom stereocenters. The van der Waals surface area contributed by atoms with Crippen molar-refractivity contribution in [2.75, 3.05) is 14.2 Å².